The van der Waals surface area contributed by atoms with Crippen LogP contribution in [0.25, 0.3) is 0 Å². The number of alkyl halides is 3. The zero-order valence-electron chi connectivity index (χ0n) is 10.1. The van der Waals surface area contributed by atoms with Crippen LogP contribution in [0.1, 0.15) is 26.7 Å². The summed E-state index contributed by atoms with van der Waals surface area (Å²) in [4.78, 5) is 11.2. The lowest BCUT2D eigenvalue weighted by Crippen LogP contribution is -2.45. The van der Waals surface area contributed by atoms with Crippen LogP contribution in [0.3, 0.4) is 0 Å². The van der Waals surface area contributed by atoms with Gasteiger partial charge in [-0.2, -0.15) is 13.2 Å². The van der Waals surface area contributed by atoms with Crippen LogP contribution in [-0.4, -0.2) is 37.5 Å². The third-order valence-electron chi connectivity index (χ3n) is 2.32. The Morgan fingerprint density at radius 3 is 2.35 bits per heavy atom. The van der Waals surface area contributed by atoms with Gasteiger partial charge in [0.05, 0.1) is 7.11 Å². The second-order valence-electron chi connectivity index (χ2n) is 4.07. The summed E-state index contributed by atoms with van der Waals surface area (Å²) in [6.45, 7) is 2.29. The van der Waals surface area contributed by atoms with E-state index in [4.69, 9.17) is 5.73 Å². The van der Waals surface area contributed by atoms with Crippen LogP contribution in [-0.2, 0) is 14.3 Å². The van der Waals surface area contributed by atoms with Crippen molar-refractivity contribution in [3.63, 3.8) is 0 Å². The summed E-state index contributed by atoms with van der Waals surface area (Å²) in [5.41, 5.74) is 4.43. The van der Waals surface area contributed by atoms with E-state index >= 15 is 0 Å². The standard InChI is InChI=1S/C10H18F3NO3/c1-7(10(11,12)13)17-6-4-5-9(2,14)8(15)16-3/h7H,4-6,14H2,1-3H3. The van der Waals surface area contributed by atoms with Crippen molar-refractivity contribution in [2.75, 3.05) is 13.7 Å². The predicted octanol–water partition coefficient (Wildman–Crippen LogP) is 1.62. The number of hydrogen-bond donors (Lipinski definition) is 1. The Balaban J connectivity index is 3.90. The summed E-state index contributed by atoms with van der Waals surface area (Å²) in [6.07, 6.45) is -5.73. The smallest absolute Gasteiger partial charge is 0.414 e. The van der Waals surface area contributed by atoms with Crippen LogP contribution in [0.4, 0.5) is 13.2 Å². The fraction of sp³-hybridized carbons (Fsp3) is 0.900. The molecule has 0 aliphatic heterocycles. The molecule has 0 aromatic carbocycles. The van der Waals surface area contributed by atoms with Crippen LogP contribution in [0.5, 0.6) is 0 Å². The quantitative estimate of drug-likeness (QED) is 0.580. The number of hydrogen-bond acceptors (Lipinski definition) is 4. The van der Waals surface area contributed by atoms with Gasteiger partial charge in [-0.05, 0) is 26.7 Å². The Labute approximate surface area is 98.2 Å². The number of carbonyl (C=O) groups excluding carboxylic acids is 1. The monoisotopic (exact) mass is 257 g/mol. The maximum absolute atomic E-state index is 12.1. The van der Waals surface area contributed by atoms with Gasteiger partial charge in [0, 0.05) is 6.61 Å². The van der Waals surface area contributed by atoms with E-state index < -0.39 is 23.8 Å². The van der Waals surface area contributed by atoms with Gasteiger partial charge < -0.3 is 15.2 Å². The van der Waals surface area contributed by atoms with Crippen molar-refractivity contribution in [3.05, 3.63) is 0 Å². The number of nitrogens with two attached hydrogens (primary N) is 1. The molecule has 2 N–H and O–H groups in total. The van der Waals surface area contributed by atoms with Gasteiger partial charge in [-0.1, -0.05) is 0 Å². The summed E-state index contributed by atoms with van der Waals surface area (Å²) in [6, 6.07) is 0. The van der Waals surface area contributed by atoms with Crippen molar-refractivity contribution in [2.24, 2.45) is 5.73 Å². The largest absolute Gasteiger partial charge is 0.468 e. The van der Waals surface area contributed by atoms with E-state index in [2.05, 4.69) is 9.47 Å². The lowest BCUT2D eigenvalue weighted by atomic mass is 9.98. The molecule has 0 saturated heterocycles. The number of ether oxygens (including phenoxy) is 2. The maximum atomic E-state index is 12.1. The Hall–Kier alpha value is -0.820. The summed E-state index contributed by atoms with van der Waals surface area (Å²) in [5.74, 6) is -0.596. The normalized spacial score (nSPS) is 17.4. The first-order valence-corrected chi connectivity index (χ1v) is 5.17. The fourth-order valence-electron chi connectivity index (χ4n) is 1.13. The molecule has 0 rings (SSSR count). The molecule has 0 aromatic rings. The van der Waals surface area contributed by atoms with Crippen molar-refractivity contribution < 1.29 is 27.4 Å². The molecule has 0 aliphatic rings. The zero-order valence-corrected chi connectivity index (χ0v) is 10.1. The van der Waals surface area contributed by atoms with E-state index in [1.54, 1.807) is 0 Å². The van der Waals surface area contributed by atoms with Gasteiger partial charge in [-0.15, -0.1) is 0 Å². The molecule has 0 aromatic heterocycles. The Morgan fingerprint density at radius 2 is 1.94 bits per heavy atom. The summed E-state index contributed by atoms with van der Waals surface area (Å²) in [7, 11) is 1.20. The molecule has 4 nitrogen and oxygen atoms in total. The molecule has 7 heteroatoms. The van der Waals surface area contributed by atoms with Crippen molar-refractivity contribution in [2.45, 2.75) is 44.5 Å². The number of esters is 1. The average Bonchev–Trinajstić information content (AvgIpc) is 2.21. The highest BCUT2D eigenvalue weighted by molar-refractivity contribution is 5.79. The Morgan fingerprint density at radius 1 is 1.41 bits per heavy atom. The first-order valence-electron chi connectivity index (χ1n) is 5.17. The number of methoxy groups -OCH3 is 1. The third kappa shape index (κ3) is 5.88. The van der Waals surface area contributed by atoms with Crippen molar-refractivity contribution >= 4 is 5.97 Å². The van der Waals surface area contributed by atoms with E-state index in [-0.39, 0.29) is 19.4 Å². The summed E-state index contributed by atoms with van der Waals surface area (Å²) in [5, 5.41) is 0. The number of halogens is 3. The minimum Gasteiger partial charge on any atom is -0.468 e. The average molecular weight is 257 g/mol. The SMILES string of the molecule is COC(=O)C(C)(N)CCCOC(C)C(F)(F)F. The molecule has 0 amide bonds. The van der Waals surface area contributed by atoms with E-state index in [1.807, 2.05) is 0 Å². The molecular weight excluding hydrogens is 239 g/mol. The van der Waals surface area contributed by atoms with Gasteiger partial charge in [-0.25, -0.2) is 0 Å². The van der Waals surface area contributed by atoms with Crippen molar-refractivity contribution in [1.29, 1.82) is 0 Å². The van der Waals surface area contributed by atoms with Gasteiger partial charge in [0.1, 0.15) is 5.54 Å². The fourth-order valence-corrected chi connectivity index (χ4v) is 1.13. The lowest BCUT2D eigenvalue weighted by Gasteiger charge is -2.22. The molecular formula is C10H18F3NO3. The minimum atomic E-state index is -4.37. The van der Waals surface area contributed by atoms with Gasteiger partial charge in [0.25, 0.3) is 0 Å². The topological polar surface area (TPSA) is 61.5 Å². The van der Waals surface area contributed by atoms with E-state index in [9.17, 15) is 18.0 Å². The Kier molecular flexibility index (Phi) is 5.91. The van der Waals surface area contributed by atoms with Gasteiger partial charge in [0.2, 0.25) is 0 Å². The van der Waals surface area contributed by atoms with Crippen LogP contribution in [0.15, 0.2) is 0 Å². The van der Waals surface area contributed by atoms with Crippen molar-refractivity contribution in [1.82, 2.24) is 0 Å². The summed E-state index contributed by atoms with van der Waals surface area (Å²) >= 11 is 0. The minimum absolute atomic E-state index is 0.107. The van der Waals surface area contributed by atoms with Gasteiger partial charge in [-0.3, -0.25) is 4.79 Å². The van der Waals surface area contributed by atoms with Crippen LogP contribution in [0, 0.1) is 0 Å². The molecule has 0 saturated carbocycles. The van der Waals surface area contributed by atoms with E-state index in [0.29, 0.717) is 0 Å². The molecule has 0 heterocycles. The number of rotatable bonds is 6. The highest BCUT2D eigenvalue weighted by atomic mass is 19.4. The second kappa shape index (κ2) is 6.20. The third-order valence-corrected chi connectivity index (χ3v) is 2.32. The molecule has 2 atom stereocenters. The maximum Gasteiger partial charge on any atom is 0.414 e. The first-order chi connectivity index (χ1) is 7.61. The molecule has 0 fully saturated rings. The zero-order chi connectivity index (χ0) is 13.7. The molecule has 17 heavy (non-hydrogen) atoms. The predicted molar refractivity (Wildman–Crippen MR) is 55.3 cm³/mol. The van der Waals surface area contributed by atoms with Gasteiger partial charge >= 0.3 is 12.1 Å². The van der Waals surface area contributed by atoms with E-state index in [0.717, 1.165) is 6.92 Å². The van der Waals surface area contributed by atoms with Gasteiger partial charge in [0.15, 0.2) is 6.10 Å². The lowest BCUT2D eigenvalue weighted by molar-refractivity contribution is -0.214. The highest BCUT2D eigenvalue weighted by Crippen LogP contribution is 2.22. The molecule has 0 bridgehead atoms. The Bertz CT molecular complexity index is 254. The molecule has 0 aliphatic carbocycles. The first kappa shape index (κ1) is 16.2. The molecule has 102 valence electrons. The van der Waals surface area contributed by atoms with E-state index in [1.165, 1.54) is 14.0 Å². The molecule has 2 unspecified atom stereocenters. The molecule has 0 spiro atoms. The highest BCUT2D eigenvalue weighted by Gasteiger charge is 2.37. The number of carbonyl (C=O) groups is 1. The van der Waals surface area contributed by atoms with Crippen molar-refractivity contribution in [3.8, 4) is 0 Å². The van der Waals surface area contributed by atoms with Crippen LogP contribution < -0.4 is 5.73 Å². The molecule has 0 radical (unpaired) electrons. The summed E-state index contributed by atoms with van der Waals surface area (Å²) < 4.78 is 45.3. The second-order valence-corrected chi connectivity index (χ2v) is 4.07. The van der Waals surface area contributed by atoms with Crippen LogP contribution >= 0.6 is 0 Å². The van der Waals surface area contributed by atoms with Crippen LogP contribution in [0.2, 0.25) is 0 Å².